The van der Waals surface area contributed by atoms with Gasteiger partial charge in [-0.25, -0.2) is 14.4 Å². The Morgan fingerprint density at radius 1 is 1.11 bits per heavy atom. The minimum absolute atomic E-state index is 0.0926. The fourth-order valence-electron chi connectivity index (χ4n) is 4.56. The highest BCUT2D eigenvalue weighted by molar-refractivity contribution is 6.30. The second kappa shape index (κ2) is 13.5. The van der Waals surface area contributed by atoms with Gasteiger partial charge >= 0.3 is 5.97 Å². The third kappa shape index (κ3) is 7.65. The third-order valence-corrected chi connectivity index (χ3v) is 6.85. The molecule has 202 valence electrons. The average Bonchev–Trinajstić information content (AvgIpc) is 2.93. The molecular weight excluding hydrogens is 509 g/mol. The molecule has 1 fully saturated rings. The van der Waals surface area contributed by atoms with E-state index in [1.165, 1.54) is 6.07 Å². The highest BCUT2D eigenvalue weighted by Gasteiger charge is 2.23. The molecule has 1 aromatic carbocycles. The number of piperidine rings is 1. The summed E-state index contributed by atoms with van der Waals surface area (Å²) in [6.07, 6.45) is 2.76. The minimum atomic E-state index is -0.390. The maximum Gasteiger partial charge on any atom is 0.306 e. The summed E-state index contributed by atoms with van der Waals surface area (Å²) in [5.41, 5.74) is 3.26. The van der Waals surface area contributed by atoms with Crippen LogP contribution in [0.1, 0.15) is 54.6 Å². The van der Waals surface area contributed by atoms with Crippen molar-refractivity contribution in [1.82, 2.24) is 14.9 Å². The number of hydrogen-bond donors (Lipinski definition) is 0. The summed E-state index contributed by atoms with van der Waals surface area (Å²) >= 11 is 5.83. The number of carbonyl (C=O) groups excluding carboxylic acids is 1. The third-order valence-electron chi connectivity index (χ3n) is 6.62. The van der Waals surface area contributed by atoms with E-state index < -0.39 is 0 Å². The number of benzene rings is 1. The van der Waals surface area contributed by atoms with Crippen molar-refractivity contribution >= 4 is 17.6 Å². The van der Waals surface area contributed by atoms with Gasteiger partial charge in [0.1, 0.15) is 12.4 Å². The molecule has 1 aliphatic rings. The molecule has 0 atom stereocenters. The van der Waals surface area contributed by atoms with Crippen molar-refractivity contribution in [1.29, 1.82) is 0 Å². The van der Waals surface area contributed by atoms with Gasteiger partial charge in [-0.15, -0.1) is 0 Å². The second-order valence-corrected chi connectivity index (χ2v) is 9.69. The van der Waals surface area contributed by atoms with Crippen molar-refractivity contribution in [2.45, 2.75) is 51.7 Å². The number of esters is 1. The Morgan fingerprint density at radius 2 is 1.89 bits per heavy atom. The van der Waals surface area contributed by atoms with E-state index in [2.05, 4.69) is 9.88 Å². The molecule has 9 heteroatoms. The van der Waals surface area contributed by atoms with Crippen LogP contribution in [0.25, 0.3) is 0 Å². The summed E-state index contributed by atoms with van der Waals surface area (Å²) in [5.74, 6) is 0.795. The van der Waals surface area contributed by atoms with Gasteiger partial charge < -0.3 is 14.2 Å². The first kappa shape index (κ1) is 27.8. The zero-order valence-electron chi connectivity index (χ0n) is 21.8. The quantitative estimate of drug-likeness (QED) is 0.287. The van der Waals surface area contributed by atoms with Gasteiger partial charge in [-0.3, -0.25) is 9.69 Å². The van der Waals surface area contributed by atoms with Crippen molar-refractivity contribution < 1.29 is 23.4 Å². The van der Waals surface area contributed by atoms with Gasteiger partial charge in [-0.05, 0) is 57.1 Å². The lowest BCUT2D eigenvalue weighted by Gasteiger charge is -2.32. The van der Waals surface area contributed by atoms with E-state index in [-0.39, 0.29) is 18.4 Å². The summed E-state index contributed by atoms with van der Waals surface area (Å²) in [4.78, 5) is 23.3. The lowest BCUT2D eigenvalue weighted by atomic mass is 9.93. The summed E-state index contributed by atoms with van der Waals surface area (Å²) in [6.45, 7) is 4.85. The maximum absolute atomic E-state index is 14.1. The molecule has 7 nitrogen and oxygen atoms in total. The van der Waals surface area contributed by atoms with Crippen LogP contribution in [-0.2, 0) is 29.1 Å². The van der Waals surface area contributed by atoms with Gasteiger partial charge in [0.2, 0.25) is 11.8 Å². The van der Waals surface area contributed by atoms with Crippen LogP contribution >= 0.6 is 11.6 Å². The molecule has 0 bridgehead atoms. The summed E-state index contributed by atoms with van der Waals surface area (Å²) in [7, 11) is 1.62. The number of pyridine rings is 2. The molecule has 0 spiro atoms. The Labute approximate surface area is 227 Å². The van der Waals surface area contributed by atoms with Crippen LogP contribution < -0.4 is 9.47 Å². The van der Waals surface area contributed by atoms with E-state index in [0.29, 0.717) is 47.7 Å². The van der Waals surface area contributed by atoms with Gasteiger partial charge in [-0.2, -0.15) is 0 Å². The van der Waals surface area contributed by atoms with Crippen LogP contribution in [-0.4, -0.2) is 47.6 Å². The van der Waals surface area contributed by atoms with Crippen LogP contribution in [0.4, 0.5) is 4.39 Å². The zero-order chi connectivity index (χ0) is 26.9. The van der Waals surface area contributed by atoms with E-state index in [0.717, 1.165) is 49.4 Å². The first-order chi connectivity index (χ1) is 18.4. The molecule has 0 N–H and O–H groups in total. The molecule has 4 rings (SSSR count). The Kier molecular flexibility index (Phi) is 9.90. The molecule has 3 heterocycles. The van der Waals surface area contributed by atoms with E-state index in [9.17, 15) is 9.18 Å². The van der Waals surface area contributed by atoms with Crippen molar-refractivity contribution in [3.8, 4) is 11.8 Å². The van der Waals surface area contributed by atoms with E-state index in [1.807, 2.05) is 24.3 Å². The second-order valence-electron chi connectivity index (χ2n) is 9.25. The number of hydrogen-bond acceptors (Lipinski definition) is 7. The Balaban J connectivity index is 1.29. The molecular formula is C29H33ClFN3O4. The number of aromatic nitrogens is 2. The standard InChI is InChI=1S/C29H33ClFN3O4/c1-3-37-28(35)12-11-24-10-8-21(29(32-24)36-2)18-34-15-13-20(14-16-34)26-5-4-6-27(33-26)38-19-22-7-9-23(30)17-25(22)31/h4-10,17,20H,3,11-16,18-19H2,1-2H3. The number of methoxy groups -OCH3 is 1. The number of carbonyl (C=O) groups is 1. The smallest absolute Gasteiger partial charge is 0.306 e. The van der Waals surface area contributed by atoms with Crippen LogP contribution in [0.2, 0.25) is 5.02 Å². The highest BCUT2D eigenvalue weighted by Crippen LogP contribution is 2.30. The Bertz CT molecular complexity index is 1230. The Morgan fingerprint density at radius 3 is 2.63 bits per heavy atom. The van der Waals surface area contributed by atoms with E-state index in [4.69, 9.17) is 30.8 Å². The predicted octanol–water partition coefficient (Wildman–Crippen LogP) is 5.73. The van der Waals surface area contributed by atoms with Gasteiger partial charge in [0.15, 0.2) is 0 Å². The summed E-state index contributed by atoms with van der Waals surface area (Å²) < 4.78 is 30.4. The molecule has 0 saturated carbocycles. The monoisotopic (exact) mass is 541 g/mol. The normalized spacial score (nSPS) is 14.3. The maximum atomic E-state index is 14.1. The van der Waals surface area contributed by atoms with E-state index in [1.54, 1.807) is 32.2 Å². The van der Waals surface area contributed by atoms with Crippen molar-refractivity contribution in [3.05, 3.63) is 81.9 Å². The largest absolute Gasteiger partial charge is 0.481 e. The van der Waals surface area contributed by atoms with Crippen LogP contribution in [0, 0.1) is 5.82 Å². The number of nitrogens with zero attached hydrogens (tertiary/aromatic N) is 3. The zero-order valence-corrected chi connectivity index (χ0v) is 22.5. The molecule has 1 saturated heterocycles. The minimum Gasteiger partial charge on any atom is -0.481 e. The number of ether oxygens (including phenoxy) is 3. The molecule has 0 radical (unpaired) electrons. The molecule has 1 aliphatic heterocycles. The average molecular weight is 542 g/mol. The summed E-state index contributed by atoms with van der Waals surface area (Å²) in [5, 5.41) is 0.357. The van der Waals surface area contributed by atoms with Crippen LogP contribution in [0.3, 0.4) is 0 Å². The fraction of sp³-hybridized carbons (Fsp3) is 0.414. The van der Waals surface area contributed by atoms with Crippen molar-refractivity contribution in [2.24, 2.45) is 0 Å². The fourth-order valence-corrected chi connectivity index (χ4v) is 4.72. The van der Waals surface area contributed by atoms with Gasteiger partial charge in [-0.1, -0.05) is 29.8 Å². The number of aryl methyl sites for hydroxylation is 1. The highest BCUT2D eigenvalue weighted by atomic mass is 35.5. The first-order valence-corrected chi connectivity index (χ1v) is 13.3. The van der Waals surface area contributed by atoms with Gasteiger partial charge in [0.05, 0.1) is 20.1 Å². The van der Waals surface area contributed by atoms with E-state index >= 15 is 0 Å². The number of likely N-dealkylation sites (tertiary alicyclic amines) is 1. The van der Waals surface area contributed by atoms with Crippen molar-refractivity contribution in [2.75, 3.05) is 26.8 Å². The van der Waals surface area contributed by atoms with Crippen molar-refractivity contribution in [3.63, 3.8) is 0 Å². The topological polar surface area (TPSA) is 73.8 Å². The predicted molar refractivity (Wildman–Crippen MR) is 143 cm³/mol. The lowest BCUT2D eigenvalue weighted by molar-refractivity contribution is -0.143. The number of rotatable bonds is 11. The first-order valence-electron chi connectivity index (χ1n) is 12.9. The molecule has 0 unspecified atom stereocenters. The van der Waals surface area contributed by atoms with Gasteiger partial charge in [0.25, 0.3) is 0 Å². The molecule has 2 aromatic heterocycles. The van der Waals surface area contributed by atoms with Crippen LogP contribution in [0.15, 0.2) is 48.5 Å². The van der Waals surface area contributed by atoms with Crippen LogP contribution in [0.5, 0.6) is 11.8 Å². The molecule has 38 heavy (non-hydrogen) atoms. The molecule has 0 aliphatic carbocycles. The summed E-state index contributed by atoms with van der Waals surface area (Å²) in [6, 6.07) is 14.3. The van der Waals surface area contributed by atoms with Gasteiger partial charge in [0, 0.05) is 52.5 Å². The molecule has 3 aromatic rings. The lowest BCUT2D eigenvalue weighted by Crippen LogP contribution is -2.33. The molecule has 0 amide bonds. The Hall–Kier alpha value is -3.23. The number of halogens is 2. The SMILES string of the molecule is CCOC(=O)CCc1ccc(CN2CCC(c3cccc(OCc4ccc(Cl)cc4F)n3)CC2)c(OC)n1.